The SMILES string of the molecule is CC1(C)CCC(CN(CCCO)C2CCC2)C1O. The summed E-state index contributed by atoms with van der Waals surface area (Å²) in [6.45, 7) is 6.65. The lowest BCUT2D eigenvalue weighted by atomic mass is 9.86. The second-order valence-electron chi connectivity index (χ2n) is 6.89. The van der Waals surface area contributed by atoms with Crippen LogP contribution in [0.4, 0.5) is 0 Å². The van der Waals surface area contributed by atoms with Gasteiger partial charge in [-0.2, -0.15) is 0 Å². The second kappa shape index (κ2) is 5.89. The Morgan fingerprint density at radius 3 is 2.39 bits per heavy atom. The molecule has 0 aromatic carbocycles. The number of aliphatic hydroxyl groups excluding tert-OH is 2. The van der Waals surface area contributed by atoms with E-state index in [9.17, 15) is 5.11 Å². The number of hydrogen-bond donors (Lipinski definition) is 2. The maximum Gasteiger partial charge on any atom is 0.0631 e. The van der Waals surface area contributed by atoms with Crippen molar-refractivity contribution >= 4 is 0 Å². The van der Waals surface area contributed by atoms with Gasteiger partial charge >= 0.3 is 0 Å². The Balaban J connectivity index is 1.88. The van der Waals surface area contributed by atoms with Gasteiger partial charge in [-0.1, -0.05) is 20.3 Å². The molecule has 0 spiro atoms. The summed E-state index contributed by atoms with van der Waals surface area (Å²) in [7, 11) is 0. The van der Waals surface area contributed by atoms with Crippen LogP contribution < -0.4 is 0 Å². The molecule has 2 aliphatic carbocycles. The summed E-state index contributed by atoms with van der Waals surface area (Å²) in [5, 5.41) is 19.4. The summed E-state index contributed by atoms with van der Waals surface area (Å²) < 4.78 is 0. The predicted molar refractivity (Wildman–Crippen MR) is 73.4 cm³/mol. The lowest BCUT2D eigenvalue weighted by Crippen LogP contribution is -2.45. The summed E-state index contributed by atoms with van der Waals surface area (Å²) in [5.74, 6) is 0.430. The normalized spacial score (nSPS) is 31.8. The van der Waals surface area contributed by atoms with Gasteiger partial charge in [-0.05, 0) is 43.4 Å². The van der Waals surface area contributed by atoms with Crippen molar-refractivity contribution in [1.82, 2.24) is 4.90 Å². The van der Waals surface area contributed by atoms with E-state index in [-0.39, 0.29) is 18.1 Å². The van der Waals surface area contributed by atoms with Crippen molar-refractivity contribution < 1.29 is 10.2 Å². The first-order valence-electron chi connectivity index (χ1n) is 7.57. The molecule has 2 atom stereocenters. The molecule has 18 heavy (non-hydrogen) atoms. The number of hydrogen-bond acceptors (Lipinski definition) is 3. The minimum Gasteiger partial charge on any atom is -0.396 e. The maximum atomic E-state index is 10.4. The van der Waals surface area contributed by atoms with Crippen LogP contribution in [0.15, 0.2) is 0 Å². The molecule has 0 aromatic rings. The first kappa shape index (κ1) is 14.3. The van der Waals surface area contributed by atoms with E-state index in [4.69, 9.17) is 5.11 Å². The highest BCUT2D eigenvalue weighted by Gasteiger charge is 2.42. The standard InChI is InChI=1S/C15H29NO2/c1-15(2)8-7-12(14(15)18)11-16(9-4-10-17)13-5-3-6-13/h12-14,17-18H,3-11H2,1-2H3. The molecule has 0 bridgehead atoms. The molecular formula is C15H29NO2. The Morgan fingerprint density at radius 2 is 1.94 bits per heavy atom. The molecule has 2 fully saturated rings. The highest BCUT2D eigenvalue weighted by Crippen LogP contribution is 2.42. The fourth-order valence-electron chi connectivity index (χ4n) is 3.44. The van der Waals surface area contributed by atoms with Crippen molar-refractivity contribution in [2.75, 3.05) is 19.7 Å². The number of aliphatic hydroxyl groups is 2. The highest BCUT2D eigenvalue weighted by molar-refractivity contribution is 4.93. The van der Waals surface area contributed by atoms with Gasteiger partial charge in [-0.25, -0.2) is 0 Å². The van der Waals surface area contributed by atoms with Crippen LogP contribution in [0.25, 0.3) is 0 Å². The van der Waals surface area contributed by atoms with Crippen molar-refractivity contribution in [2.24, 2.45) is 11.3 Å². The van der Waals surface area contributed by atoms with E-state index in [0.29, 0.717) is 12.0 Å². The lowest BCUT2D eigenvalue weighted by molar-refractivity contribution is 0.0166. The van der Waals surface area contributed by atoms with Crippen LogP contribution in [0.2, 0.25) is 0 Å². The quantitative estimate of drug-likeness (QED) is 0.763. The first-order chi connectivity index (χ1) is 8.54. The van der Waals surface area contributed by atoms with E-state index in [0.717, 1.165) is 32.4 Å². The van der Waals surface area contributed by atoms with Gasteiger partial charge in [-0.15, -0.1) is 0 Å². The summed E-state index contributed by atoms with van der Waals surface area (Å²) >= 11 is 0. The fourth-order valence-corrected chi connectivity index (χ4v) is 3.44. The van der Waals surface area contributed by atoms with Crippen LogP contribution in [0, 0.1) is 11.3 Å². The molecule has 0 heterocycles. The number of rotatable bonds is 6. The van der Waals surface area contributed by atoms with E-state index in [1.165, 1.54) is 19.3 Å². The minimum atomic E-state index is -0.158. The average Bonchev–Trinajstić information content (AvgIpc) is 2.50. The smallest absolute Gasteiger partial charge is 0.0631 e. The van der Waals surface area contributed by atoms with Crippen LogP contribution in [0.5, 0.6) is 0 Å². The highest BCUT2D eigenvalue weighted by atomic mass is 16.3. The summed E-state index contributed by atoms with van der Waals surface area (Å²) in [4.78, 5) is 2.52. The predicted octanol–water partition coefficient (Wildman–Crippen LogP) is 2.02. The molecule has 0 saturated heterocycles. The lowest BCUT2D eigenvalue weighted by Gasteiger charge is -2.40. The number of nitrogens with zero attached hydrogens (tertiary/aromatic N) is 1. The second-order valence-corrected chi connectivity index (χ2v) is 6.89. The van der Waals surface area contributed by atoms with Crippen LogP contribution in [-0.4, -0.2) is 47.0 Å². The molecule has 2 N–H and O–H groups in total. The maximum absolute atomic E-state index is 10.4. The monoisotopic (exact) mass is 255 g/mol. The Kier molecular flexibility index (Phi) is 4.68. The van der Waals surface area contributed by atoms with E-state index >= 15 is 0 Å². The third-order valence-corrected chi connectivity index (χ3v) is 5.07. The van der Waals surface area contributed by atoms with Crippen LogP contribution >= 0.6 is 0 Å². The van der Waals surface area contributed by atoms with E-state index in [1.807, 2.05) is 0 Å². The molecule has 2 unspecified atom stereocenters. The molecular weight excluding hydrogens is 226 g/mol. The molecule has 0 amide bonds. The van der Waals surface area contributed by atoms with Gasteiger partial charge in [-0.3, -0.25) is 4.90 Å². The van der Waals surface area contributed by atoms with Gasteiger partial charge in [0, 0.05) is 25.7 Å². The van der Waals surface area contributed by atoms with Crippen molar-refractivity contribution in [3.8, 4) is 0 Å². The Hall–Kier alpha value is -0.120. The third-order valence-electron chi connectivity index (χ3n) is 5.07. The molecule has 0 aliphatic heterocycles. The zero-order chi connectivity index (χ0) is 13.2. The van der Waals surface area contributed by atoms with E-state index in [1.54, 1.807) is 0 Å². The van der Waals surface area contributed by atoms with Gasteiger partial charge in [0.05, 0.1) is 6.10 Å². The van der Waals surface area contributed by atoms with Gasteiger partial charge < -0.3 is 10.2 Å². The van der Waals surface area contributed by atoms with Crippen LogP contribution in [0.3, 0.4) is 0 Å². The molecule has 2 rings (SSSR count). The molecule has 2 saturated carbocycles. The van der Waals surface area contributed by atoms with Gasteiger partial charge in [0.15, 0.2) is 0 Å². The van der Waals surface area contributed by atoms with Gasteiger partial charge in [0.25, 0.3) is 0 Å². The molecule has 2 aliphatic rings. The Bertz CT molecular complexity index is 263. The molecule has 0 radical (unpaired) electrons. The minimum absolute atomic E-state index is 0.0902. The zero-order valence-corrected chi connectivity index (χ0v) is 11.9. The third kappa shape index (κ3) is 3.06. The van der Waals surface area contributed by atoms with Crippen molar-refractivity contribution in [3.63, 3.8) is 0 Å². The average molecular weight is 255 g/mol. The summed E-state index contributed by atoms with van der Waals surface area (Å²) in [6, 6.07) is 0.715. The Labute approximate surface area is 111 Å². The molecule has 3 heteroatoms. The zero-order valence-electron chi connectivity index (χ0n) is 11.9. The molecule has 106 valence electrons. The fraction of sp³-hybridized carbons (Fsp3) is 1.00. The summed E-state index contributed by atoms with van der Waals surface area (Å²) in [6.07, 6.45) is 6.94. The molecule has 0 aromatic heterocycles. The largest absolute Gasteiger partial charge is 0.396 e. The van der Waals surface area contributed by atoms with E-state index in [2.05, 4.69) is 18.7 Å². The topological polar surface area (TPSA) is 43.7 Å². The van der Waals surface area contributed by atoms with Crippen molar-refractivity contribution in [1.29, 1.82) is 0 Å². The van der Waals surface area contributed by atoms with Crippen LogP contribution in [-0.2, 0) is 0 Å². The first-order valence-corrected chi connectivity index (χ1v) is 7.57. The van der Waals surface area contributed by atoms with E-state index < -0.39 is 0 Å². The van der Waals surface area contributed by atoms with Crippen molar-refractivity contribution in [3.05, 3.63) is 0 Å². The van der Waals surface area contributed by atoms with Gasteiger partial charge in [0.2, 0.25) is 0 Å². The van der Waals surface area contributed by atoms with Crippen molar-refractivity contribution in [2.45, 2.75) is 64.5 Å². The summed E-state index contributed by atoms with van der Waals surface area (Å²) in [5.41, 5.74) is 0.0902. The Morgan fingerprint density at radius 1 is 1.22 bits per heavy atom. The van der Waals surface area contributed by atoms with Crippen LogP contribution in [0.1, 0.15) is 52.4 Å². The molecule has 3 nitrogen and oxygen atoms in total. The van der Waals surface area contributed by atoms with Gasteiger partial charge in [0.1, 0.15) is 0 Å².